The molecule has 0 aliphatic carbocycles. The fourth-order valence-corrected chi connectivity index (χ4v) is 3.31. The predicted molar refractivity (Wildman–Crippen MR) is 97.3 cm³/mol. The van der Waals surface area contributed by atoms with Gasteiger partial charge in [-0.05, 0) is 52.7 Å². The van der Waals surface area contributed by atoms with Gasteiger partial charge in [-0.2, -0.15) is 5.26 Å². The second-order valence-corrected chi connectivity index (χ2v) is 7.04. The lowest BCUT2D eigenvalue weighted by Gasteiger charge is -2.34. The molecule has 1 atom stereocenters. The minimum atomic E-state index is -0.460. The minimum Gasteiger partial charge on any atom is -0.298 e. The number of nitrogens with zero attached hydrogens (tertiary/aromatic N) is 3. The summed E-state index contributed by atoms with van der Waals surface area (Å²) in [5.74, 6) is 0. The maximum absolute atomic E-state index is 10.0. The first-order valence-corrected chi connectivity index (χ1v) is 9.05. The van der Waals surface area contributed by atoms with Crippen molar-refractivity contribution in [2.75, 3.05) is 6.54 Å². The first-order valence-electron chi connectivity index (χ1n) is 9.05. The largest absolute Gasteiger partial charge is 0.298 e. The van der Waals surface area contributed by atoms with E-state index in [2.05, 4.69) is 50.6 Å². The van der Waals surface area contributed by atoms with Gasteiger partial charge in [0.15, 0.2) is 0 Å². The van der Waals surface area contributed by atoms with Crippen molar-refractivity contribution < 1.29 is 0 Å². The summed E-state index contributed by atoms with van der Waals surface area (Å²) in [5.41, 5.74) is 0.476. The van der Waals surface area contributed by atoms with Gasteiger partial charge in [0, 0.05) is 24.8 Å². The zero-order chi connectivity index (χ0) is 17.3. The van der Waals surface area contributed by atoms with E-state index in [1.165, 1.54) is 12.8 Å². The van der Waals surface area contributed by atoms with Crippen molar-refractivity contribution >= 4 is 0 Å². The second kappa shape index (κ2) is 9.67. The predicted octanol–water partition coefficient (Wildman–Crippen LogP) is 4.93. The topological polar surface area (TPSA) is 39.9 Å². The van der Waals surface area contributed by atoms with Crippen molar-refractivity contribution in [1.29, 1.82) is 5.26 Å². The molecule has 0 unspecified atom stereocenters. The molecule has 3 nitrogen and oxygen atoms in total. The molecule has 1 heterocycles. The van der Waals surface area contributed by atoms with E-state index in [0.717, 1.165) is 31.5 Å². The summed E-state index contributed by atoms with van der Waals surface area (Å²) in [6, 6.07) is 9.56. The van der Waals surface area contributed by atoms with Crippen LogP contribution in [0.25, 0.3) is 0 Å². The Labute approximate surface area is 142 Å². The molecule has 1 aromatic rings. The number of pyridine rings is 1. The van der Waals surface area contributed by atoms with E-state index in [1.807, 2.05) is 24.4 Å². The molecule has 1 aromatic heterocycles. The Morgan fingerprint density at radius 3 is 2.30 bits per heavy atom. The summed E-state index contributed by atoms with van der Waals surface area (Å²) in [4.78, 5) is 6.99. The molecule has 0 fully saturated rings. The van der Waals surface area contributed by atoms with Crippen molar-refractivity contribution in [3.63, 3.8) is 0 Å². The highest BCUT2D eigenvalue weighted by molar-refractivity contribution is 5.26. The maximum Gasteiger partial charge on any atom is 0.100 e. The van der Waals surface area contributed by atoms with Crippen molar-refractivity contribution in [1.82, 2.24) is 9.88 Å². The van der Waals surface area contributed by atoms with Crippen LogP contribution in [0.2, 0.25) is 0 Å². The maximum atomic E-state index is 10.0. The molecule has 1 rings (SSSR count). The third kappa shape index (κ3) is 5.62. The van der Waals surface area contributed by atoms with Gasteiger partial charge in [-0.3, -0.25) is 9.88 Å². The Morgan fingerprint density at radius 1 is 1.13 bits per heavy atom. The van der Waals surface area contributed by atoms with Gasteiger partial charge in [0.1, 0.15) is 5.41 Å². The summed E-state index contributed by atoms with van der Waals surface area (Å²) in [7, 11) is 0. The highest BCUT2D eigenvalue weighted by Crippen LogP contribution is 2.32. The molecule has 23 heavy (non-hydrogen) atoms. The molecular weight excluding hydrogens is 282 g/mol. The fraction of sp³-hybridized carbons (Fsp3) is 0.700. The molecule has 0 aliphatic heterocycles. The molecule has 0 saturated carbocycles. The molecule has 0 aliphatic rings. The zero-order valence-corrected chi connectivity index (χ0v) is 15.5. The molecule has 3 heteroatoms. The van der Waals surface area contributed by atoms with E-state index >= 15 is 0 Å². The van der Waals surface area contributed by atoms with Gasteiger partial charge in [0.05, 0.1) is 11.8 Å². The lowest BCUT2D eigenvalue weighted by Crippen LogP contribution is -2.41. The van der Waals surface area contributed by atoms with Gasteiger partial charge < -0.3 is 0 Å². The third-order valence-corrected chi connectivity index (χ3v) is 4.70. The second-order valence-electron chi connectivity index (χ2n) is 7.04. The Kier molecular flexibility index (Phi) is 8.26. The van der Waals surface area contributed by atoms with Crippen LogP contribution in [0.5, 0.6) is 0 Å². The highest BCUT2D eigenvalue weighted by Gasteiger charge is 2.34. The molecule has 128 valence electrons. The zero-order valence-electron chi connectivity index (χ0n) is 15.5. The van der Waals surface area contributed by atoms with Crippen molar-refractivity contribution in [2.45, 2.75) is 84.2 Å². The van der Waals surface area contributed by atoms with Crippen LogP contribution in [0, 0.1) is 11.3 Å². The monoisotopic (exact) mass is 315 g/mol. The van der Waals surface area contributed by atoms with Gasteiger partial charge in [0.2, 0.25) is 0 Å². The third-order valence-electron chi connectivity index (χ3n) is 4.70. The summed E-state index contributed by atoms with van der Waals surface area (Å²) in [6.45, 7) is 12.1. The lowest BCUT2D eigenvalue weighted by molar-refractivity contribution is 0.160. The van der Waals surface area contributed by atoms with E-state index in [-0.39, 0.29) is 0 Å². The summed E-state index contributed by atoms with van der Waals surface area (Å²) in [5, 5.41) is 10.0. The smallest absolute Gasteiger partial charge is 0.100 e. The Hall–Kier alpha value is -1.40. The van der Waals surface area contributed by atoms with E-state index < -0.39 is 5.41 Å². The molecule has 0 amide bonds. The molecule has 0 saturated heterocycles. The van der Waals surface area contributed by atoms with Crippen LogP contribution in [0.1, 0.15) is 72.4 Å². The van der Waals surface area contributed by atoms with E-state index in [4.69, 9.17) is 0 Å². The summed E-state index contributed by atoms with van der Waals surface area (Å²) < 4.78 is 0. The normalized spacial score (nSPS) is 14.2. The van der Waals surface area contributed by atoms with Gasteiger partial charge in [-0.25, -0.2) is 0 Å². The number of hydrogen-bond acceptors (Lipinski definition) is 3. The van der Waals surface area contributed by atoms with Crippen LogP contribution in [0.3, 0.4) is 0 Å². The highest BCUT2D eigenvalue weighted by atomic mass is 15.2. The summed E-state index contributed by atoms with van der Waals surface area (Å²) >= 11 is 0. The quantitative estimate of drug-likeness (QED) is 0.575. The Bertz CT molecular complexity index is 467. The van der Waals surface area contributed by atoms with Crippen LogP contribution < -0.4 is 0 Å². The van der Waals surface area contributed by atoms with Crippen molar-refractivity contribution in [2.24, 2.45) is 0 Å². The standard InChI is InChI=1S/C20H33N3/c1-6-7-9-12-20(16-21,19-11-8-10-14-22-19)13-15-23(17(2)3)18(4)5/h8,10-11,14,17-18H,6-7,9,12-13,15H2,1-5H3/t20-/m1/s1. The number of aromatic nitrogens is 1. The number of nitriles is 1. The van der Waals surface area contributed by atoms with Gasteiger partial charge in [0.25, 0.3) is 0 Å². The van der Waals surface area contributed by atoms with Crippen molar-refractivity contribution in [3.8, 4) is 6.07 Å². The van der Waals surface area contributed by atoms with Gasteiger partial charge in [-0.15, -0.1) is 0 Å². The van der Waals surface area contributed by atoms with Crippen molar-refractivity contribution in [3.05, 3.63) is 30.1 Å². The average molecular weight is 316 g/mol. The van der Waals surface area contributed by atoms with E-state index in [9.17, 15) is 5.26 Å². The first kappa shape index (κ1) is 19.6. The molecule has 0 aromatic carbocycles. The Morgan fingerprint density at radius 2 is 1.83 bits per heavy atom. The van der Waals surface area contributed by atoms with Gasteiger partial charge in [-0.1, -0.05) is 32.3 Å². The molecular formula is C20H33N3. The molecule has 0 bridgehead atoms. The fourth-order valence-electron chi connectivity index (χ4n) is 3.31. The number of hydrogen-bond donors (Lipinski definition) is 0. The Balaban J connectivity index is 2.97. The minimum absolute atomic E-state index is 0.460. The SMILES string of the molecule is CCCCC[C@](C#N)(CCN(C(C)C)C(C)C)c1ccccn1. The van der Waals surface area contributed by atoms with Crippen LogP contribution >= 0.6 is 0 Å². The van der Waals surface area contributed by atoms with Crippen LogP contribution in [0.4, 0.5) is 0 Å². The molecule has 0 spiro atoms. The van der Waals surface area contributed by atoms with Crippen LogP contribution in [-0.2, 0) is 5.41 Å². The molecule has 0 N–H and O–H groups in total. The van der Waals surface area contributed by atoms with Crippen LogP contribution in [0.15, 0.2) is 24.4 Å². The van der Waals surface area contributed by atoms with Gasteiger partial charge >= 0.3 is 0 Å². The number of unbranched alkanes of at least 4 members (excludes halogenated alkanes) is 2. The summed E-state index contributed by atoms with van der Waals surface area (Å²) in [6.07, 6.45) is 7.00. The average Bonchev–Trinajstić information content (AvgIpc) is 2.54. The van der Waals surface area contributed by atoms with Crippen LogP contribution in [-0.4, -0.2) is 28.5 Å². The lowest BCUT2D eigenvalue weighted by atomic mass is 9.77. The number of rotatable bonds is 10. The van der Waals surface area contributed by atoms with E-state index in [1.54, 1.807) is 0 Å². The first-order chi connectivity index (χ1) is 11.0. The van der Waals surface area contributed by atoms with E-state index in [0.29, 0.717) is 12.1 Å². The molecule has 0 radical (unpaired) electrons.